The summed E-state index contributed by atoms with van der Waals surface area (Å²) in [6.07, 6.45) is 4.43. The van der Waals surface area contributed by atoms with Gasteiger partial charge in [-0.2, -0.15) is 0 Å². The van der Waals surface area contributed by atoms with E-state index in [2.05, 4.69) is 46.4 Å². The molecule has 3 nitrogen and oxygen atoms in total. The fourth-order valence-corrected chi connectivity index (χ4v) is 2.77. The molecule has 1 unspecified atom stereocenters. The first kappa shape index (κ1) is 12.4. The smallest absolute Gasteiger partial charge is 0.0703 e. The second kappa shape index (κ2) is 5.57. The first-order chi connectivity index (χ1) is 9.36. The van der Waals surface area contributed by atoms with Crippen molar-refractivity contribution in [2.45, 2.75) is 25.8 Å². The second-order valence-electron chi connectivity index (χ2n) is 5.22. The van der Waals surface area contributed by atoms with E-state index in [4.69, 9.17) is 0 Å². The third kappa shape index (κ3) is 2.71. The van der Waals surface area contributed by atoms with Gasteiger partial charge in [-0.25, -0.2) is 0 Å². The van der Waals surface area contributed by atoms with Gasteiger partial charge in [-0.05, 0) is 25.0 Å². The van der Waals surface area contributed by atoms with E-state index in [-0.39, 0.29) is 0 Å². The van der Waals surface area contributed by atoms with Crippen LogP contribution in [0.2, 0.25) is 0 Å². The Hall–Kier alpha value is -1.61. The lowest BCUT2D eigenvalue weighted by Crippen LogP contribution is -2.30. The molecule has 1 aromatic heterocycles. The van der Waals surface area contributed by atoms with Crippen LogP contribution in [0.4, 0.5) is 5.69 Å². The number of nitrogens with zero attached hydrogens (tertiary/aromatic N) is 2. The fraction of sp³-hybridized carbons (Fsp3) is 0.438. The number of hydrogen-bond acceptors (Lipinski definition) is 3. The van der Waals surface area contributed by atoms with Crippen molar-refractivity contribution in [3.05, 3.63) is 36.5 Å². The van der Waals surface area contributed by atoms with Crippen molar-refractivity contribution in [3.63, 3.8) is 0 Å². The maximum Gasteiger partial charge on any atom is 0.0703 e. The van der Waals surface area contributed by atoms with Gasteiger partial charge in [0, 0.05) is 31.1 Å². The zero-order chi connectivity index (χ0) is 13.1. The third-order valence-corrected chi connectivity index (χ3v) is 4.00. The maximum absolute atomic E-state index is 4.56. The van der Waals surface area contributed by atoms with E-state index < -0.39 is 0 Å². The van der Waals surface area contributed by atoms with E-state index in [0.717, 1.165) is 25.2 Å². The molecule has 1 N–H and O–H groups in total. The Morgan fingerprint density at radius 2 is 2.21 bits per heavy atom. The molecule has 0 aliphatic carbocycles. The Balaban J connectivity index is 1.83. The van der Waals surface area contributed by atoms with Crippen LogP contribution in [0.25, 0.3) is 10.9 Å². The normalized spacial score (nSPS) is 20.5. The van der Waals surface area contributed by atoms with Crippen LogP contribution in [0.1, 0.15) is 19.8 Å². The summed E-state index contributed by atoms with van der Waals surface area (Å²) >= 11 is 0. The highest BCUT2D eigenvalue weighted by molar-refractivity contribution is 5.81. The molecule has 0 spiro atoms. The third-order valence-electron chi connectivity index (χ3n) is 4.00. The van der Waals surface area contributed by atoms with E-state index in [1.807, 2.05) is 12.3 Å². The summed E-state index contributed by atoms with van der Waals surface area (Å²) in [5.41, 5.74) is 2.32. The molecule has 0 radical (unpaired) electrons. The van der Waals surface area contributed by atoms with Crippen molar-refractivity contribution in [2.24, 2.45) is 0 Å². The number of benzene rings is 1. The summed E-state index contributed by atoms with van der Waals surface area (Å²) < 4.78 is 0. The van der Waals surface area contributed by atoms with Gasteiger partial charge in [-0.1, -0.05) is 25.1 Å². The van der Waals surface area contributed by atoms with E-state index in [9.17, 15) is 0 Å². The number of rotatable bonds is 2. The standard InChI is InChI=1S/C16H21N3/c1-2-14-7-9-19(10-8-17-14)15-11-13-5-3-4-6-16(13)18-12-15/h3-6,11-12,14,17H,2,7-10H2,1H3. The SMILES string of the molecule is CCC1CCN(c2cnc3ccccc3c2)CCN1. The van der Waals surface area contributed by atoms with Crippen LogP contribution in [0.5, 0.6) is 0 Å². The predicted molar refractivity (Wildman–Crippen MR) is 80.7 cm³/mol. The molecule has 1 saturated heterocycles. The highest BCUT2D eigenvalue weighted by Gasteiger charge is 2.15. The van der Waals surface area contributed by atoms with Crippen molar-refractivity contribution in [2.75, 3.05) is 24.5 Å². The topological polar surface area (TPSA) is 28.2 Å². The number of nitrogens with one attached hydrogen (secondary N) is 1. The molecule has 0 bridgehead atoms. The molecule has 1 atom stereocenters. The lowest BCUT2D eigenvalue weighted by atomic mass is 10.1. The summed E-state index contributed by atoms with van der Waals surface area (Å²) in [7, 11) is 0. The Morgan fingerprint density at radius 3 is 3.11 bits per heavy atom. The quantitative estimate of drug-likeness (QED) is 0.894. The Kier molecular flexibility index (Phi) is 3.65. The zero-order valence-electron chi connectivity index (χ0n) is 11.5. The molecule has 1 aliphatic rings. The first-order valence-electron chi connectivity index (χ1n) is 7.20. The monoisotopic (exact) mass is 255 g/mol. The van der Waals surface area contributed by atoms with E-state index >= 15 is 0 Å². The van der Waals surface area contributed by atoms with Crippen molar-refractivity contribution >= 4 is 16.6 Å². The molecule has 2 heterocycles. The predicted octanol–water partition coefficient (Wildman–Crippen LogP) is 2.81. The summed E-state index contributed by atoms with van der Waals surface area (Å²) in [6, 6.07) is 11.2. The van der Waals surface area contributed by atoms with Gasteiger partial charge >= 0.3 is 0 Å². The van der Waals surface area contributed by atoms with Gasteiger partial charge in [-0.3, -0.25) is 4.98 Å². The minimum atomic E-state index is 0.665. The van der Waals surface area contributed by atoms with Gasteiger partial charge in [-0.15, -0.1) is 0 Å². The Morgan fingerprint density at radius 1 is 1.32 bits per heavy atom. The van der Waals surface area contributed by atoms with Crippen molar-refractivity contribution in [1.29, 1.82) is 0 Å². The molecule has 1 fully saturated rings. The number of hydrogen-bond donors (Lipinski definition) is 1. The molecule has 19 heavy (non-hydrogen) atoms. The van der Waals surface area contributed by atoms with Crippen LogP contribution in [0, 0.1) is 0 Å². The second-order valence-corrected chi connectivity index (χ2v) is 5.22. The average molecular weight is 255 g/mol. The van der Waals surface area contributed by atoms with Crippen LogP contribution in [-0.4, -0.2) is 30.7 Å². The summed E-state index contributed by atoms with van der Waals surface area (Å²) in [5, 5.41) is 4.83. The Bertz CT molecular complexity index is 552. The van der Waals surface area contributed by atoms with Crippen LogP contribution in [-0.2, 0) is 0 Å². The zero-order valence-corrected chi connectivity index (χ0v) is 11.5. The molecule has 0 amide bonds. The lowest BCUT2D eigenvalue weighted by molar-refractivity contribution is 0.510. The lowest BCUT2D eigenvalue weighted by Gasteiger charge is -2.22. The summed E-state index contributed by atoms with van der Waals surface area (Å²) in [4.78, 5) is 7.01. The first-order valence-corrected chi connectivity index (χ1v) is 7.20. The summed E-state index contributed by atoms with van der Waals surface area (Å²) in [6.45, 7) is 5.50. The number of anilines is 1. The maximum atomic E-state index is 4.56. The molecule has 3 rings (SSSR count). The van der Waals surface area contributed by atoms with Crippen LogP contribution < -0.4 is 10.2 Å². The van der Waals surface area contributed by atoms with Crippen LogP contribution in [0.15, 0.2) is 36.5 Å². The average Bonchev–Trinajstić information content (AvgIpc) is 2.72. The molecule has 1 aliphatic heterocycles. The van der Waals surface area contributed by atoms with Crippen molar-refractivity contribution in [3.8, 4) is 0 Å². The van der Waals surface area contributed by atoms with Gasteiger partial charge < -0.3 is 10.2 Å². The minimum Gasteiger partial charge on any atom is -0.369 e. The fourth-order valence-electron chi connectivity index (χ4n) is 2.77. The molecule has 100 valence electrons. The van der Waals surface area contributed by atoms with Gasteiger partial charge in [0.2, 0.25) is 0 Å². The Labute approximate surface area is 114 Å². The molecular formula is C16H21N3. The molecule has 1 aromatic carbocycles. The van der Waals surface area contributed by atoms with Gasteiger partial charge in [0.05, 0.1) is 17.4 Å². The number of fused-ring (bicyclic) bond motifs is 1. The molecule has 3 heteroatoms. The van der Waals surface area contributed by atoms with Gasteiger partial charge in [0.1, 0.15) is 0 Å². The van der Waals surface area contributed by atoms with Gasteiger partial charge in [0.15, 0.2) is 0 Å². The van der Waals surface area contributed by atoms with Crippen molar-refractivity contribution < 1.29 is 0 Å². The molecule has 0 saturated carbocycles. The highest BCUT2D eigenvalue weighted by Crippen LogP contribution is 2.21. The molecule has 2 aromatic rings. The number of para-hydroxylation sites is 1. The van der Waals surface area contributed by atoms with Crippen LogP contribution in [0.3, 0.4) is 0 Å². The van der Waals surface area contributed by atoms with Gasteiger partial charge in [0.25, 0.3) is 0 Å². The summed E-state index contributed by atoms with van der Waals surface area (Å²) in [5.74, 6) is 0. The van der Waals surface area contributed by atoms with Crippen molar-refractivity contribution in [1.82, 2.24) is 10.3 Å². The van der Waals surface area contributed by atoms with E-state index in [0.29, 0.717) is 6.04 Å². The number of aromatic nitrogens is 1. The highest BCUT2D eigenvalue weighted by atomic mass is 15.2. The van der Waals surface area contributed by atoms with E-state index in [1.54, 1.807) is 0 Å². The number of pyridine rings is 1. The molecular weight excluding hydrogens is 234 g/mol. The minimum absolute atomic E-state index is 0.665. The van der Waals surface area contributed by atoms with Crippen LogP contribution >= 0.6 is 0 Å². The van der Waals surface area contributed by atoms with E-state index in [1.165, 1.54) is 23.9 Å². The largest absolute Gasteiger partial charge is 0.369 e.